The summed E-state index contributed by atoms with van der Waals surface area (Å²) in [5.41, 5.74) is 5.54. The van der Waals surface area contributed by atoms with Crippen LogP contribution in [0.15, 0.2) is 6.07 Å². The van der Waals surface area contributed by atoms with E-state index in [1.807, 2.05) is 6.92 Å². The summed E-state index contributed by atoms with van der Waals surface area (Å²) in [5, 5.41) is 13.2. The highest BCUT2D eigenvalue weighted by Crippen LogP contribution is 2.34. The Morgan fingerprint density at radius 1 is 1.53 bits per heavy atom. The van der Waals surface area contributed by atoms with Crippen molar-refractivity contribution in [2.75, 3.05) is 17.7 Å². The van der Waals surface area contributed by atoms with Crippen LogP contribution in [0.5, 0.6) is 0 Å². The van der Waals surface area contributed by atoms with Gasteiger partial charge >= 0.3 is 0 Å². The molecule has 1 saturated carbocycles. The van der Waals surface area contributed by atoms with Crippen molar-refractivity contribution in [2.45, 2.75) is 51.5 Å². The minimum absolute atomic E-state index is 0.128. The lowest BCUT2D eigenvalue weighted by Gasteiger charge is -2.39. The van der Waals surface area contributed by atoms with Crippen LogP contribution in [0.25, 0.3) is 0 Å². The number of aliphatic hydroxyl groups is 1. The number of nitrogen functional groups attached to an aromatic ring is 1. The second-order valence-corrected chi connectivity index (χ2v) is 5.71. The predicted octanol–water partition coefficient (Wildman–Crippen LogP) is 1.97. The zero-order valence-electron chi connectivity index (χ0n) is 11.8. The van der Waals surface area contributed by atoms with E-state index in [1.165, 1.54) is 6.42 Å². The first-order valence-electron chi connectivity index (χ1n) is 7.09. The Morgan fingerprint density at radius 3 is 2.95 bits per heavy atom. The number of rotatable bonds is 4. The van der Waals surface area contributed by atoms with Crippen LogP contribution >= 0.6 is 0 Å². The molecule has 5 nitrogen and oxygen atoms in total. The lowest BCUT2D eigenvalue weighted by atomic mass is 9.77. The number of hydrogen-bond acceptors (Lipinski definition) is 5. The van der Waals surface area contributed by atoms with Crippen molar-refractivity contribution in [3.8, 4) is 0 Å². The molecule has 1 aliphatic carbocycles. The van der Waals surface area contributed by atoms with Gasteiger partial charge < -0.3 is 16.2 Å². The Morgan fingerprint density at radius 2 is 2.32 bits per heavy atom. The van der Waals surface area contributed by atoms with Gasteiger partial charge in [0.2, 0.25) is 0 Å². The van der Waals surface area contributed by atoms with Crippen LogP contribution in [0.3, 0.4) is 0 Å². The van der Waals surface area contributed by atoms with E-state index in [4.69, 9.17) is 5.73 Å². The van der Waals surface area contributed by atoms with Gasteiger partial charge in [-0.25, -0.2) is 9.97 Å². The summed E-state index contributed by atoms with van der Waals surface area (Å²) < 4.78 is 0. The zero-order chi connectivity index (χ0) is 13.9. The van der Waals surface area contributed by atoms with Gasteiger partial charge in [-0.15, -0.1) is 0 Å². The van der Waals surface area contributed by atoms with Crippen LogP contribution in [0.1, 0.15) is 45.4 Å². The van der Waals surface area contributed by atoms with E-state index in [9.17, 15) is 5.11 Å². The van der Waals surface area contributed by atoms with Crippen molar-refractivity contribution in [3.05, 3.63) is 11.9 Å². The Bertz CT molecular complexity index is 437. The van der Waals surface area contributed by atoms with Gasteiger partial charge in [-0.2, -0.15) is 0 Å². The van der Waals surface area contributed by atoms with Gasteiger partial charge in [0.25, 0.3) is 0 Å². The number of anilines is 2. The van der Waals surface area contributed by atoms with Crippen LogP contribution in [0.2, 0.25) is 0 Å². The Labute approximate surface area is 114 Å². The standard InChI is InChI=1S/C14H24N4O/c1-3-12-16-11(15)7-13(17-12)18-14(9-19)6-4-5-10(2)8-14/h7,10,19H,3-6,8-9H2,1-2H3,(H3,15,16,17,18). The third kappa shape index (κ3) is 3.35. The molecule has 1 aromatic rings. The van der Waals surface area contributed by atoms with Gasteiger partial charge in [0.15, 0.2) is 0 Å². The fourth-order valence-electron chi connectivity index (χ4n) is 2.97. The molecule has 2 rings (SSSR count). The molecule has 19 heavy (non-hydrogen) atoms. The third-order valence-electron chi connectivity index (χ3n) is 3.90. The average Bonchev–Trinajstić information content (AvgIpc) is 2.38. The molecule has 0 saturated heterocycles. The molecule has 2 unspecified atom stereocenters. The van der Waals surface area contributed by atoms with Crippen LogP contribution in [-0.4, -0.2) is 27.2 Å². The summed E-state index contributed by atoms with van der Waals surface area (Å²) in [5.74, 6) is 2.57. The number of aryl methyl sites for hydroxylation is 1. The van der Waals surface area contributed by atoms with Gasteiger partial charge in [0.05, 0.1) is 12.1 Å². The monoisotopic (exact) mass is 264 g/mol. The van der Waals surface area contributed by atoms with Gasteiger partial charge in [-0.3, -0.25) is 0 Å². The highest BCUT2D eigenvalue weighted by atomic mass is 16.3. The third-order valence-corrected chi connectivity index (χ3v) is 3.90. The topological polar surface area (TPSA) is 84.1 Å². The summed E-state index contributed by atoms with van der Waals surface area (Å²) in [7, 11) is 0. The van der Waals surface area contributed by atoms with Crippen molar-refractivity contribution in [1.82, 2.24) is 9.97 Å². The normalized spacial score (nSPS) is 27.2. The molecule has 0 amide bonds. The van der Waals surface area contributed by atoms with Crippen molar-refractivity contribution in [1.29, 1.82) is 0 Å². The number of aliphatic hydroxyl groups excluding tert-OH is 1. The van der Waals surface area contributed by atoms with Crippen LogP contribution in [0.4, 0.5) is 11.6 Å². The van der Waals surface area contributed by atoms with Gasteiger partial charge in [-0.05, 0) is 18.8 Å². The predicted molar refractivity (Wildman–Crippen MR) is 76.9 cm³/mol. The maximum atomic E-state index is 9.78. The zero-order valence-corrected chi connectivity index (χ0v) is 11.8. The molecule has 0 aliphatic heterocycles. The fourth-order valence-corrected chi connectivity index (χ4v) is 2.97. The molecule has 1 heterocycles. The first-order valence-corrected chi connectivity index (χ1v) is 7.09. The lowest BCUT2D eigenvalue weighted by molar-refractivity contribution is 0.149. The first kappa shape index (κ1) is 14.1. The molecule has 1 aromatic heterocycles. The molecular weight excluding hydrogens is 240 g/mol. The van der Waals surface area contributed by atoms with E-state index in [1.54, 1.807) is 6.07 Å². The molecular formula is C14H24N4O. The minimum Gasteiger partial charge on any atom is -0.394 e. The molecule has 0 spiro atoms. The van der Waals surface area contributed by atoms with E-state index in [2.05, 4.69) is 22.2 Å². The summed E-state index contributed by atoms with van der Waals surface area (Å²) in [6.45, 7) is 4.36. The quantitative estimate of drug-likeness (QED) is 0.774. The van der Waals surface area contributed by atoms with Gasteiger partial charge in [-0.1, -0.05) is 26.7 Å². The smallest absolute Gasteiger partial charge is 0.132 e. The van der Waals surface area contributed by atoms with Crippen LogP contribution in [0, 0.1) is 5.92 Å². The number of aromatic nitrogens is 2. The molecule has 4 N–H and O–H groups in total. The molecule has 1 fully saturated rings. The molecule has 0 aromatic carbocycles. The number of nitrogens with zero attached hydrogens (tertiary/aromatic N) is 2. The molecule has 106 valence electrons. The average molecular weight is 264 g/mol. The first-order chi connectivity index (χ1) is 9.07. The van der Waals surface area contributed by atoms with Gasteiger partial charge in [0, 0.05) is 12.5 Å². The van der Waals surface area contributed by atoms with E-state index in [0.29, 0.717) is 11.7 Å². The van der Waals surface area contributed by atoms with E-state index >= 15 is 0 Å². The second kappa shape index (κ2) is 5.74. The Balaban J connectivity index is 2.20. The molecule has 1 aliphatic rings. The largest absolute Gasteiger partial charge is 0.394 e. The highest BCUT2D eigenvalue weighted by molar-refractivity contribution is 5.46. The Kier molecular flexibility index (Phi) is 4.24. The molecule has 2 atom stereocenters. The van der Waals surface area contributed by atoms with Crippen molar-refractivity contribution in [3.63, 3.8) is 0 Å². The van der Waals surface area contributed by atoms with E-state index in [-0.39, 0.29) is 12.1 Å². The van der Waals surface area contributed by atoms with Crippen molar-refractivity contribution in [2.24, 2.45) is 5.92 Å². The number of nitrogens with one attached hydrogen (secondary N) is 1. The maximum Gasteiger partial charge on any atom is 0.132 e. The van der Waals surface area contributed by atoms with Crippen molar-refractivity contribution >= 4 is 11.6 Å². The van der Waals surface area contributed by atoms with Crippen LogP contribution in [-0.2, 0) is 6.42 Å². The highest BCUT2D eigenvalue weighted by Gasteiger charge is 2.34. The SMILES string of the molecule is CCc1nc(N)cc(NC2(CO)CCCC(C)C2)n1. The van der Waals surface area contributed by atoms with Crippen molar-refractivity contribution < 1.29 is 5.11 Å². The second-order valence-electron chi connectivity index (χ2n) is 5.71. The molecule has 0 bridgehead atoms. The minimum atomic E-state index is -0.260. The molecule has 5 heteroatoms. The van der Waals surface area contributed by atoms with E-state index in [0.717, 1.165) is 37.3 Å². The van der Waals surface area contributed by atoms with Crippen LogP contribution < -0.4 is 11.1 Å². The number of hydrogen-bond donors (Lipinski definition) is 3. The van der Waals surface area contributed by atoms with E-state index < -0.39 is 0 Å². The summed E-state index contributed by atoms with van der Waals surface area (Å²) in [6, 6.07) is 1.75. The lowest BCUT2D eigenvalue weighted by Crippen LogP contribution is -2.46. The fraction of sp³-hybridized carbons (Fsp3) is 0.714. The summed E-state index contributed by atoms with van der Waals surface area (Å²) in [6.07, 6.45) is 5.06. The Hall–Kier alpha value is -1.36. The molecule has 0 radical (unpaired) electrons. The summed E-state index contributed by atoms with van der Waals surface area (Å²) in [4.78, 5) is 8.62. The number of nitrogens with two attached hydrogens (primary N) is 1. The van der Waals surface area contributed by atoms with Gasteiger partial charge in [0.1, 0.15) is 17.5 Å². The maximum absolute atomic E-state index is 9.78. The summed E-state index contributed by atoms with van der Waals surface area (Å²) >= 11 is 0.